The van der Waals surface area contributed by atoms with E-state index in [1.807, 2.05) is 66.2 Å². The number of benzene rings is 2. The van der Waals surface area contributed by atoms with E-state index in [0.29, 0.717) is 6.42 Å². The van der Waals surface area contributed by atoms with Gasteiger partial charge in [0.25, 0.3) is 0 Å². The van der Waals surface area contributed by atoms with Crippen molar-refractivity contribution in [2.45, 2.75) is 11.6 Å². The molecule has 0 atom stereocenters. The Labute approximate surface area is 121 Å². The molecule has 0 saturated heterocycles. The lowest BCUT2D eigenvalue weighted by molar-refractivity contribution is -0.110. The Morgan fingerprint density at radius 1 is 1.10 bits per heavy atom. The van der Waals surface area contributed by atoms with Gasteiger partial charge in [0, 0.05) is 13.5 Å². The number of rotatable bonds is 3. The highest BCUT2D eigenvalue weighted by Crippen LogP contribution is 2.24. The first-order chi connectivity index (χ1) is 9.74. The minimum atomic E-state index is 0.106. The molecule has 0 unspecified atom stereocenters. The number of carbonyl (C=O) groups is 1. The molecule has 20 heavy (non-hydrogen) atoms. The van der Waals surface area contributed by atoms with E-state index in [4.69, 9.17) is 0 Å². The van der Waals surface area contributed by atoms with Gasteiger partial charge in [0.05, 0.1) is 11.0 Å². The van der Waals surface area contributed by atoms with E-state index >= 15 is 0 Å². The number of thioether (sulfide) groups is 1. The van der Waals surface area contributed by atoms with Gasteiger partial charge in [-0.3, -0.25) is 4.79 Å². The van der Waals surface area contributed by atoms with Crippen LogP contribution in [0.5, 0.6) is 0 Å². The molecule has 0 saturated carbocycles. The summed E-state index contributed by atoms with van der Waals surface area (Å²) >= 11 is 1.20. The number of fused-ring (bicyclic) bond motifs is 1. The van der Waals surface area contributed by atoms with Gasteiger partial charge in [-0.15, -0.1) is 0 Å². The van der Waals surface area contributed by atoms with E-state index in [2.05, 4.69) is 4.98 Å². The summed E-state index contributed by atoms with van der Waals surface area (Å²) in [6.07, 6.45) is 0.425. The summed E-state index contributed by atoms with van der Waals surface area (Å²) in [4.78, 5) is 16.6. The summed E-state index contributed by atoms with van der Waals surface area (Å²) in [7, 11) is 1.94. The first-order valence-electron chi connectivity index (χ1n) is 6.40. The highest BCUT2D eigenvalue weighted by Gasteiger charge is 2.12. The predicted octanol–water partition coefficient (Wildman–Crippen LogP) is 3.43. The number of imidazole rings is 1. The van der Waals surface area contributed by atoms with Gasteiger partial charge in [-0.2, -0.15) is 0 Å². The van der Waals surface area contributed by atoms with E-state index in [0.717, 1.165) is 21.8 Å². The fourth-order valence-electron chi connectivity index (χ4n) is 2.12. The molecule has 0 aliphatic carbocycles. The van der Waals surface area contributed by atoms with Crippen LogP contribution < -0.4 is 0 Å². The van der Waals surface area contributed by atoms with Crippen molar-refractivity contribution in [1.82, 2.24) is 9.55 Å². The van der Waals surface area contributed by atoms with Crippen molar-refractivity contribution in [3.8, 4) is 0 Å². The van der Waals surface area contributed by atoms with Crippen LogP contribution >= 0.6 is 11.8 Å². The van der Waals surface area contributed by atoms with E-state index in [1.165, 1.54) is 11.8 Å². The Morgan fingerprint density at radius 2 is 1.80 bits per heavy atom. The van der Waals surface area contributed by atoms with Gasteiger partial charge in [-0.25, -0.2) is 4.98 Å². The second-order valence-corrected chi connectivity index (χ2v) is 5.60. The number of hydrogen-bond donors (Lipinski definition) is 0. The van der Waals surface area contributed by atoms with Gasteiger partial charge in [0.1, 0.15) is 0 Å². The van der Waals surface area contributed by atoms with E-state index < -0.39 is 0 Å². The van der Waals surface area contributed by atoms with E-state index in [9.17, 15) is 4.79 Å². The smallest absolute Gasteiger partial charge is 0.200 e. The summed E-state index contributed by atoms with van der Waals surface area (Å²) in [6, 6.07) is 17.7. The number of nitrogens with zero attached hydrogens (tertiary/aromatic N) is 2. The zero-order valence-corrected chi connectivity index (χ0v) is 11.9. The maximum Gasteiger partial charge on any atom is 0.200 e. The number of para-hydroxylation sites is 2. The SMILES string of the molecule is Cn1c(SC(=O)Cc2ccccc2)nc2ccccc21. The Balaban J connectivity index is 1.79. The fraction of sp³-hybridized carbons (Fsp3) is 0.125. The molecule has 0 fully saturated rings. The molecule has 0 radical (unpaired) electrons. The zero-order valence-electron chi connectivity index (χ0n) is 11.1. The van der Waals surface area contributed by atoms with Crippen LogP contribution in [0.25, 0.3) is 11.0 Å². The molecule has 0 amide bonds. The summed E-state index contributed by atoms with van der Waals surface area (Å²) < 4.78 is 1.96. The van der Waals surface area contributed by atoms with Gasteiger partial charge in [-0.1, -0.05) is 42.5 Å². The molecule has 0 aliphatic rings. The van der Waals surface area contributed by atoms with Crippen molar-refractivity contribution in [2.75, 3.05) is 0 Å². The number of hydrogen-bond acceptors (Lipinski definition) is 3. The Hall–Kier alpha value is -2.07. The number of aromatic nitrogens is 2. The third-order valence-corrected chi connectivity index (χ3v) is 4.06. The van der Waals surface area contributed by atoms with Crippen molar-refractivity contribution >= 4 is 27.9 Å². The molecular formula is C16H14N2OS. The van der Waals surface area contributed by atoms with Crippen molar-refractivity contribution in [3.63, 3.8) is 0 Å². The van der Waals surface area contributed by atoms with Crippen LogP contribution in [-0.2, 0) is 18.3 Å². The van der Waals surface area contributed by atoms with Crippen LogP contribution in [0.2, 0.25) is 0 Å². The molecule has 0 spiro atoms. The molecule has 3 rings (SSSR count). The van der Waals surface area contributed by atoms with E-state index in [1.54, 1.807) is 0 Å². The quantitative estimate of drug-likeness (QED) is 0.690. The van der Waals surface area contributed by atoms with Crippen molar-refractivity contribution in [2.24, 2.45) is 7.05 Å². The molecule has 1 heterocycles. The van der Waals surface area contributed by atoms with Crippen LogP contribution in [0.4, 0.5) is 0 Å². The Kier molecular flexibility index (Phi) is 3.56. The highest BCUT2D eigenvalue weighted by atomic mass is 32.2. The molecule has 0 N–H and O–H groups in total. The molecule has 4 heteroatoms. The average molecular weight is 282 g/mol. The monoisotopic (exact) mass is 282 g/mol. The maximum atomic E-state index is 12.1. The van der Waals surface area contributed by atoms with Gasteiger partial charge < -0.3 is 4.57 Å². The van der Waals surface area contributed by atoms with Gasteiger partial charge in [0.2, 0.25) is 5.12 Å². The normalized spacial score (nSPS) is 10.8. The number of aryl methyl sites for hydroxylation is 1. The van der Waals surface area contributed by atoms with Crippen molar-refractivity contribution in [3.05, 3.63) is 60.2 Å². The third kappa shape index (κ3) is 2.60. The Morgan fingerprint density at radius 3 is 2.55 bits per heavy atom. The lowest BCUT2D eigenvalue weighted by Gasteiger charge is -2.01. The summed E-state index contributed by atoms with van der Waals surface area (Å²) in [6.45, 7) is 0. The van der Waals surface area contributed by atoms with Crippen molar-refractivity contribution < 1.29 is 4.79 Å². The first kappa shape index (κ1) is 12.9. The molecule has 100 valence electrons. The molecular weight excluding hydrogens is 268 g/mol. The topological polar surface area (TPSA) is 34.9 Å². The molecule has 3 nitrogen and oxygen atoms in total. The van der Waals surface area contributed by atoms with Gasteiger partial charge >= 0.3 is 0 Å². The van der Waals surface area contributed by atoms with Crippen LogP contribution in [0.1, 0.15) is 5.56 Å². The molecule has 1 aromatic heterocycles. The minimum absolute atomic E-state index is 0.106. The van der Waals surface area contributed by atoms with Gasteiger partial charge in [0.15, 0.2) is 5.16 Å². The van der Waals surface area contributed by atoms with Crippen LogP contribution in [0, 0.1) is 0 Å². The maximum absolute atomic E-state index is 12.1. The van der Waals surface area contributed by atoms with E-state index in [-0.39, 0.29) is 5.12 Å². The summed E-state index contributed by atoms with van der Waals surface area (Å²) in [5.41, 5.74) is 3.00. The highest BCUT2D eigenvalue weighted by molar-refractivity contribution is 8.13. The van der Waals surface area contributed by atoms with Crippen LogP contribution in [0.15, 0.2) is 59.8 Å². The van der Waals surface area contributed by atoms with Crippen molar-refractivity contribution in [1.29, 1.82) is 0 Å². The second-order valence-electron chi connectivity index (χ2n) is 4.58. The average Bonchev–Trinajstić information content (AvgIpc) is 2.77. The Bertz CT molecular complexity index is 750. The largest absolute Gasteiger partial charge is 0.322 e. The van der Waals surface area contributed by atoms with Gasteiger partial charge in [-0.05, 0) is 29.5 Å². The minimum Gasteiger partial charge on any atom is -0.322 e. The standard InChI is InChI=1S/C16H14N2OS/c1-18-14-10-6-5-9-13(14)17-16(18)20-15(19)11-12-7-3-2-4-8-12/h2-10H,11H2,1H3. The molecule has 0 aliphatic heterocycles. The lowest BCUT2D eigenvalue weighted by Crippen LogP contribution is -2.00. The summed E-state index contributed by atoms with van der Waals surface area (Å²) in [5.74, 6) is 0. The fourth-order valence-corrected chi connectivity index (χ4v) is 2.94. The number of carbonyl (C=O) groups excluding carboxylic acids is 1. The molecule has 3 aromatic rings. The van der Waals surface area contributed by atoms with Crippen LogP contribution in [-0.4, -0.2) is 14.7 Å². The predicted molar refractivity (Wildman–Crippen MR) is 81.7 cm³/mol. The second kappa shape index (κ2) is 5.51. The van der Waals surface area contributed by atoms with Crippen LogP contribution in [0.3, 0.4) is 0 Å². The molecule has 2 aromatic carbocycles. The summed E-state index contributed by atoms with van der Waals surface area (Å²) in [5, 5.41) is 0.849. The third-order valence-electron chi connectivity index (χ3n) is 3.14. The molecule has 0 bridgehead atoms. The lowest BCUT2D eigenvalue weighted by atomic mass is 10.2. The first-order valence-corrected chi connectivity index (χ1v) is 7.22. The zero-order chi connectivity index (χ0) is 13.9.